The summed E-state index contributed by atoms with van der Waals surface area (Å²) in [6.07, 6.45) is 2.14. The average molecular weight is 298 g/mol. The summed E-state index contributed by atoms with van der Waals surface area (Å²) >= 11 is 1.42. The Kier molecular flexibility index (Phi) is 2.82. The molecule has 106 valence electrons. The summed E-state index contributed by atoms with van der Waals surface area (Å²) in [5.41, 5.74) is 0.692. The van der Waals surface area contributed by atoms with Gasteiger partial charge < -0.3 is 9.88 Å². The van der Waals surface area contributed by atoms with Crippen LogP contribution in [0.1, 0.15) is 22.5 Å². The molecule has 0 unspecified atom stereocenters. The molecule has 4 rings (SSSR count). The molecule has 0 radical (unpaired) electrons. The van der Waals surface area contributed by atoms with E-state index in [4.69, 9.17) is 0 Å². The molecule has 1 aliphatic heterocycles. The fourth-order valence-electron chi connectivity index (χ4n) is 2.92. The minimum Gasteiger partial charge on any atom is -0.338 e. The first-order valence-electron chi connectivity index (χ1n) is 7.08. The standard InChI is InChI=1S/C16H14N2O2S/c19-15-11-9-13(16(20)18-7-3-4-8-18)21-14(11)10-5-1-2-6-12(10)17-15/h1-2,5-6,9H,3-4,7-8H2,(H,17,19). The molecule has 0 aliphatic carbocycles. The fraction of sp³-hybridized carbons (Fsp3) is 0.250. The summed E-state index contributed by atoms with van der Waals surface area (Å²) < 4.78 is 0.900. The lowest BCUT2D eigenvalue weighted by molar-refractivity contribution is 0.0797. The normalized spacial score (nSPS) is 15.1. The van der Waals surface area contributed by atoms with E-state index in [9.17, 15) is 9.59 Å². The maximum absolute atomic E-state index is 12.5. The van der Waals surface area contributed by atoms with Gasteiger partial charge in [0, 0.05) is 28.7 Å². The zero-order valence-corrected chi connectivity index (χ0v) is 12.2. The Balaban J connectivity index is 1.93. The number of carbonyl (C=O) groups excluding carboxylic acids is 1. The van der Waals surface area contributed by atoms with Crippen molar-refractivity contribution in [1.29, 1.82) is 0 Å². The monoisotopic (exact) mass is 298 g/mol. The molecule has 1 aromatic carbocycles. The molecule has 2 aromatic heterocycles. The number of amides is 1. The predicted molar refractivity (Wildman–Crippen MR) is 85.1 cm³/mol. The van der Waals surface area contributed by atoms with Gasteiger partial charge in [0.15, 0.2) is 0 Å². The van der Waals surface area contributed by atoms with E-state index in [2.05, 4.69) is 4.98 Å². The number of H-pyrrole nitrogens is 1. The summed E-state index contributed by atoms with van der Waals surface area (Å²) in [5.74, 6) is 0.0529. The van der Waals surface area contributed by atoms with Crippen molar-refractivity contribution < 1.29 is 4.79 Å². The van der Waals surface area contributed by atoms with Gasteiger partial charge in [-0.1, -0.05) is 18.2 Å². The van der Waals surface area contributed by atoms with E-state index < -0.39 is 0 Å². The number of pyridine rings is 1. The van der Waals surface area contributed by atoms with Crippen molar-refractivity contribution in [2.75, 3.05) is 13.1 Å². The quantitative estimate of drug-likeness (QED) is 0.751. The number of aromatic nitrogens is 1. The Morgan fingerprint density at radius 2 is 1.90 bits per heavy atom. The number of benzene rings is 1. The van der Waals surface area contributed by atoms with E-state index in [1.54, 1.807) is 6.07 Å². The molecular formula is C16H14N2O2S. The zero-order chi connectivity index (χ0) is 14.4. The highest BCUT2D eigenvalue weighted by Gasteiger charge is 2.22. The van der Waals surface area contributed by atoms with Gasteiger partial charge in [-0.3, -0.25) is 9.59 Å². The van der Waals surface area contributed by atoms with E-state index in [0.29, 0.717) is 10.3 Å². The highest BCUT2D eigenvalue weighted by Crippen LogP contribution is 2.30. The van der Waals surface area contributed by atoms with Crippen molar-refractivity contribution in [3.05, 3.63) is 45.6 Å². The molecule has 4 nitrogen and oxygen atoms in total. The number of thiophene rings is 1. The van der Waals surface area contributed by atoms with Crippen LogP contribution in [0.15, 0.2) is 35.1 Å². The molecule has 0 bridgehead atoms. The third kappa shape index (κ3) is 1.96. The van der Waals surface area contributed by atoms with Crippen LogP contribution in [0.25, 0.3) is 21.0 Å². The number of rotatable bonds is 1. The Morgan fingerprint density at radius 1 is 1.14 bits per heavy atom. The number of nitrogens with zero attached hydrogens (tertiary/aromatic N) is 1. The van der Waals surface area contributed by atoms with Gasteiger partial charge >= 0.3 is 0 Å². The molecule has 0 atom stereocenters. The first kappa shape index (κ1) is 12.6. The lowest BCUT2D eigenvalue weighted by atomic mass is 10.2. The van der Waals surface area contributed by atoms with Gasteiger partial charge in [-0.15, -0.1) is 11.3 Å². The summed E-state index contributed by atoms with van der Waals surface area (Å²) in [6, 6.07) is 9.45. The molecule has 1 aliphatic rings. The van der Waals surface area contributed by atoms with Gasteiger partial charge in [0.05, 0.1) is 10.3 Å². The lowest BCUT2D eigenvalue weighted by Gasteiger charge is -2.13. The molecule has 1 N–H and O–H groups in total. The first-order chi connectivity index (χ1) is 10.2. The number of nitrogens with one attached hydrogen (secondary N) is 1. The summed E-state index contributed by atoms with van der Waals surface area (Å²) in [6.45, 7) is 1.65. The second kappa shape index (κ2) is 4.70. The molecule has 1 fully saturated rings. The number of hydrogen-bond donors (Lipinski definition) is 1. The molecule has 3 heterocycles. The van der Waals surface area contributed by atoms with E-state index in [1.165, 1.54) is 11.3 Å². The molecule has 0 spiro atoms. The Hall–Kier alpha value is -2.14. The topological polar surface area (TPSA) is 53.2 Å². The average Bonchev–Trinajstić information content (AvgIpc) is 3.17. The largest absolute Gasteiger partial charge is 0.338 e. The molecule has 5 heteroatoms. The van der Waals surface area contributed by atoms with Crippen LogP contribution >= 0.6 is 11.3 Å². The lowest BCUT2D eigenvalue weighted by Crippen LogP contribution is -2.26. The van der Waals surface area contributed by atoms with Crippen LogP contribution in [0.3, 0.4) is 0 Å². The van der Waals surface area contributed by atoms with Gasteiger partial charge in [0.2, 0.25) is 0 Å². The Morgan fingerprint density at radius 3 is 2.71 bits per heavy atom. The van der Waals surface area contributed by atoms with Crippen molar-refractivity contribution in [2.24, 2.45) is 0 Å². The van der Waals surface area contributed by atoms with Crippen LogP contribution in [0, 0.1) is 0 Å². The third-order valence-corrected chi connectivity index (χ3v) is 5.16. The van der Waals surface area contributed by atoms with E-state index in [0.717, 1.165) is 41.5 Å². The second-order valence-electron chi connectivity index (χ2n) is 5.35. The van der Waals surface area contributed by atoms with Gasteiger partial charge in [-0.05, 0) is 25.0 Å². The predicted octanol–water partition coefficient (Wildman–Crippen LogP) is 2.98. The third-order valence-electron chi connectivity index (χ3n) is 4.00. The van der Waals surface area contributed by atoms with Crippen LogP contribution in [-0.2, 0) is 0 Å². The Labute approximate surface area is 125 Å². The van der Waals surface area contributed by atoms with Gasteiger partial charge in [-0.2, -0.15) is 0 Å². The number of fused-ring (bicyclic) bond motifs is 3. The minimum atomic E-state index is -0.125. The number of aromatic amines is 1. The maximum atomic E-state index is 12.5. The summed E-state index contributed by atoms with van der Waals surface area (Å²) in [7, 11) is 0. The number of carbonyl (C=O) groups is 1. The summed E-state index contributed by atoms with van der Waals surface area (Å²) in [4.78, 5) is 30.1. The first-order valence-corrected chi connectivity index (χ1v) is 7.89. The Bertz CT molecular complexity index is 903. The van der Waals surface area contributed by atoms with Gasteiger partial charge in [0.1, 0.15) is 0 Å². The van der Waals surface area contributed by atoms with Gasteiger partial charge in [0.25, 0.3) is 11.5 Å². The highest BCUT2D eigenvalue weighted by molar-refractivity contribution is 7.21. The van der Waals surface area contributed by atoms with E-state index in [-0.39, 0.29) is 11.5 Å². The van der Waals surface area contributed by atoms with E-state index >= 15 is 0 Å². The van der Waals surface area contributed by atoms with Crippen molar-refractivity contribution in [2.45, 2.75) is 12.8 Å². The molecule has 1 saturated heterocycles. The highest BCUT2D eigenvalue weighted by atomic mass is 32.1. The fourth-order valence-corrected chi connectivity index (χ4v) is 4.08. The number of hydrogen-bond acceptors (Lipinski definition) is 3. The van der Waals surface area contributed by atoms with Crippen LogP contribution in [0.2, 0.25) is 0 Å². The van der Waals surface area contributed by atoms with E-state index in [1.807, 2.05) is 29.2 Å². The van der Waals surface area contributed by atoms with Gasteiger partial charge in [-0.25, -0.2) is 0 Å². The van der Waals surface area contributed by atoms with Crippen LogP contribution in [0.5, 0.6) is 0 Å². The number of likely N-dealkylation sites (tertiary alicyclic amines) is 1. The van der Waals surface area contributed by atoms with Crippen LogP contribution in [-0.4, -0.2) is 28.9 Å². The number of para-hydroxylation sites is 1. The van der Waals surface area contributed by atoms with Crippen LogP contribution < -0.4 is 5.56 Å². The van der Waals surface area contributed by atoms with Crippen LogP contribution in [0.4, 0.5) is 0 Å². The SMILES string of the molecule is O=C(c1cc2c(=O)[nH]c3ccccc3c2s1)N1CCCC1. The molecule has 1 amide bonds. The molecule has 0 saturated carbocycles. The van der Waals surface area contributed by atoms with Crippen molar-refractivity contribution >= 4 is 38.2 Å². The van der Waals surface area contributed by atoms with Crippen molar-refractivity contribution in [1.82, 2.24) is 9.88 Å². The second-order valence-corrected chi connectivity index (χ2v) is 6.40. The minimum absolute atomic E-state index is 0.0529. The van der Waals surface area contributed by atoms with Crippen molar-refractivity contribution in [3.63, 3.8) is 0 Å². The zero-order valence-electron chi connectivity index (χ0n) is 11.4. The smallest absolute Gasteiger partial charge is 0.263 e. The maximum Gasteiger partial charge on any atom is 0.263 e. The molecular weight excluding hydrogens is 284 g/mol. The summed E-state index contributed by atoms with van der Waals surface area (Å²) in [5, 5.41) is 1.61. The molecule has 3 aromatic rings. The molecule has 21 heavy (non-hydrogen) atoms. The van der Waals surface area contributed by atoms with Crippen molar-refractivity contribution in [3.8, 4) is 0 Å².